The number of imidazole rings is 1. The van der Waals surface area contributed by atoms with Gasteiger partial charge >= 0.3 is 0 Å². The van der Waals surface area contributed by atoms with E-state index in [2.05, 4.69) is 43.6 Å². The molecule has 0 bridgehead atoms. The molecule has 0 aliphatic rings. The van der Waals surface area contributed by atoms with Gasteiger partial charge in [0.1, 0.15) is 6.33 Å². The third-order valence-corrected chi connectivity index (χ3v) is 4.08. The second kappa shape index (κ2) is 6.19. The van der Waals surface area contributed by atoms with Gasteiger partial charge in [-0.1, -0.05) is 13.0 Å². The van der Waals surface area contributed by atoms with Gasteiger partial charge in [0.2, 0.25) is 17.2 Å². The Morgan fingerprint density at radius 2 is 2.29 bits per heavy atom. The van der Waals surface area contributed by atoms with Crippen molar-refractivity contribution in [1.29, 1.82) is 0 Å². The molecule has 3 aromatic heterocycles. The van der Waals surface area contributed by atoms with Crippen LogP contribution in [0.1, 0.15) is 24.3 Å². The van der Waals surface area contributed by atoms with Crippen molar-refractivity contribution < 1.29 is 0 Å². The van der Waals surface area contributed by atoms with E-state index in [1.165, 1.54) is 4.88 Å². The van der Waals surface area contributed by atoms with Crippen LogP contribution in [0.5, 0.6) is 0 Å². The predicted molar refractivity (Wildman–Crippen MR) is 82.9 cm³/mol. The molecule has 21 heavy (non-hydrogen) atoms. The van der Waals surface area contributed by atoms with Crippen molar-refractivity contribution in [3.8, 4) is 5.95 Å². The summed E-state index contributed by atoms with van der Waals surface area (Å²) in [4.78, 5) is 17.8. The van der Waals surface area contributed by atoms with Crippen LogP contribution in [0.2, 0.25) is 5.28 Å². The molecule has 8 heteroatoms. The molecule has 0 radical (unpaired) electrons. The molecule has 0 aromatic carbocycles. The third-order valence-electron chi connectivity index (χ3n) is 2.93. The Hall–Kier alpha value is -1.99. The second-order valence-electron chi connectivity index (χ2n) is 4.32. The molecule has 0 amide bonds. The summed E-state index contributed by atoms with van der Waals surface area (Å²) in [5.74, 6) is 0.898. The number of nitrogens with one attached hydrogen (secondary N) is 1. The monoisotopic (exact) mass is 320 g/mol. The van der Waals surface area contributed by atoms with Crippen LogP contribution in [-0.4, -0.2) is 24.5 Å². The molecule has 0 fully saturated rings. The number of aromatic nitrogens is 5. The third kappa shape index (κ3) is 3.20. The van der Waals surface area contributed by atoms with E-state index in [4.69, 9.17) is 11.6 Å². The Morgan fingerprint density at radius 1 is 1.38 bits per heavy atom. The van der Waals surface area contributed by atoms with E-state index < -0.39 is 0 Å². The fourth-order valence-electron chi connectivity index (χ4n) is 1.92. The van der Waals surface area contributed by atoms with Crippen LogP contribution < -0.4 is 5.32 Å². The van der Waals surface area contributed by atoms with Crippen LogP contribution in [0.4, 0.5) is 5.95 Å². The molecule has 0 spiro atoms. The van der Waals surface area contributed by atoms with Gasteiger partial charge in [0, 0.05) is 17.3 Å². The van der Waals surface area contributed by atoms with Crippen molar-refractivity contribution in [1.82, 2.24) is 24.5 Å². The summed E-state index contributed by atoms with van der Waals surface area (Å²) in [6.45, 7) is 2.11. The Balaban J connectivity index is 1.88. The van der Waals surface area contributed by atoms with Gasteiger partial charge in [0.15, 0.2) is 0 Å². The summed E-state index contributed by atoms with van der Waals surface area (Å²) < 4.78 is 1.69. The zero-order chi connectivity index (χ0) is 14.7. The van der Waals surface area contributed by atoms with Gasteiger partial charge in [-0.3, -0.25) is 4.57 Å². The smallest absolute Gasteiger partial charge is 0.241 e. The van der Waals surface area contributed by atoms with Crippen molar-refractivity contribution in [2.45, 2.75) is 19.4 Å². The lowest BCUT2D eigenvalue weighted by molar-refractivity contribution is 0.746. The zero-order valence-corrected chi connectivity index (χ0v) is 12.8. The molecule has 1 atom stereocenters. The van der Waals surface area contributed by atoms with Crippen molar-refractivity contribution >= 4 is 28.9 Å². The molecule has 0 saturated carbocycles. The van der Waals surface area contributed by atoms with Gasteiger partial charge < -0.3 is 5.32 Å². The minimum absolute atomic E-state index is 0.150. The van der Waals surface area contributed by atoms with Gasteiger partial charge in [-0.2, -0.15) is 15.0 Å². The van der Waals surface area contributed by atoms with Crippen LogP contribution in [-0.2, 0) is 0 Å². The largest absolute Gasteiger partial charge is 0.346 e. The minimum atomic E-state index is 0.150. The number of hydrogen-bond donors (Lipinski definition) is 1. The summed E-state index contributed by atoms with van der Waals surface area (Å²) in [7, 11) is 0. The first-order valence-electron chi connectivity index (χ1n) is 6.46. The van der Waals surface area contributed by atoms with Crippen molar-refractivity contribution in [3.63, 3.8) is 0 Å². The Kier molecular flexibility index (Phi) is 4.12. The van der Waals surface area contributed by atoms with Crippen LogP contribution in [0.3, 0.4) is 0 Å². The number of thiophene rings is 1. The molecule has 108 valence electrons. The summed E-state index contributed by atoms with van der Waals surface area (Å²) in [6.07, 6.45) is 5.95. The van der Waals surface area contributed by atoms with Crippen LogP contribution in [0.25, 0.3) is 5.95 Å². The molecule has 0 saturated heterocycles. The number of rotatable bonds is 5. The van der Waals surface area contributed by atoms with Gasteiger partial charge in [-0.15, -0.1) is 11.3 Å². The highest BCUT2D eigenvalue weighted by Crippen LogP contribution is 2.25. The molecule has 0 aliphatic carbocycles. The average Bonchev–Trinajstić information content (AvgIpc) is 3.16. The highest BCUT2D eigenvalue weighted by molar-refractivity contribution is 7.10. The SMILES string of the molecule is CCC(Nc1nc(Cl)nc(-n2ccnc2)n1)c1cccs1. The minimum Gasteiger partial charge on any atom is -0.346 e. The average molecular weight is 321 g/mol. The van der Waals surface area contributed by atoms with Gasteiger partial charge in [0.05, 0.1) is 6.04 Å². The van der Waals surface area contributed by atoms with Crippen LogP contribution >= 0.6 is 22.9 Å². The Morgan fingerprint density at radius 3 is 2.95 bits per heavy atom. The maximum Gasteiger partial charge on any atom is 0.241 e. The van der Waals surface area contributed by atoms with Gasteiger partial charge in [-0.05, 0) is 29.5 Å². The lowest BCUT2D eigenvalue weighted by Crippen LogP contribution is -2.13. The van der Waals surface area contributed by atoms with Crippen LogP contribution in [0, 0.1) is 0 Å². The predicted octanol–water partition coefficient (Wildman–Crippen LogP) is 3.34. The second-order valence-corrected chi connectivity index (χ2v) is 5.64. The molecule has 0 aliphatic heterocycles. The molecule has 1 unspecified atom stereocenters. The Bertz CT molecular complexity index is 698. The van der Waals surface area contributed by atoms with E-state index in [0.717, 1.165) is 6.42 Å². The van der Waals surface area contributed by atoms with E-state index in [1.54, 1.807) is 34.6 Å². The number of hydrogen-bond acceptors (Lipinski definition) is 6. The quantitative estimate of drug-likeness (QED) is 0.781. The molecule has 6 nitrogen and oxygen atoms in total. The normalized spacial score (nSPS) is 12.3. The van der Waals surface area contributed by atoms with E-state index in [9.17, 15) is 0 Å². The first-order valence-corrected chi connectivity index (χ1v) is 7.72. The lowest BCUT2D eigenvalue weighted by atomic mass is 10.2. The van der Waals surface area contributed by atoms with Gasteiger partial charge in [-0.25, -0.2) is 4.98 Å². The van der Waals surface area contributed by atoms with Crippen LogP contribution in [0.15, 0.2) is 36.2 Å². The molecule has 1 N–H and O–H groups in total. The zero-order valence-electron chi connectivity index (χ0n) is 11.3. The fraction of sp³-hybridized carbons (Fsp3) is 0.231. The maximum atomic E-state index is 5.99. The maximum absolute atomic E-state index is 5.99. The molecular weight excluding hydrogens is 308 g/mol. The number of nitrogens with zero attached hydrogens (tertiary/aromatic N) is 5. The highest BCUT2D eigenvalue weighted by atomic mass is 35.5. The highest BCUT2D eigenvalue weighted by Gasteiger charge is 2.13. The summed E-state index contributed by atoms with van der Waals surface area (Å²) >= 11 is 7.68. The summed E-state index contributed by atoms with van der Waals surface area (Å²) in [5, 5.41) is 5.51. The van der Waals surface area contributed by atoms with E-state index in [-0.39, 0.29) is 11.3 Å². The van der Waals surface area contributed by atoms with Crippen molar-refractivity contribution in [2.24, 2.45) is 0 Å². The molecular formula is C13H13ClN6S. The summed E-state index contributed by atoms with van der Waals surface area (Å²) in [5.41, 5.74) is 0. The standard InChI is InChI=1S/C13H13ClN6S/c1-2-9(10-4-3-7-21-10)16-12-17-11(14)18-13(19-12)20-6-5-15-8-20/h3-9H,2H2,1H3,(H,16,17,18,19). The molecule has 3 heterocycles. The molecule has 3 rings (SSSR count). The first-order chi connectivity index (χ1) is 10.3. The van der Waals surface area contributed by atoms with Crippen molar-refractivity contribution in [2.75, 3.05) is 5.32 Å². The van der Waals surface area contributed by atoms with E-state index in [0.29, 0.717) is 11.9 Å². The van der Waals surface area contributed by atoms with Crippen molar-refractivity contribution in [3.05, 3.63) is 46.4 Å². The fourth-order valence-corrected chi connectivity index (χ4v) is 2.93. The van der Waals surface area contributed by atoms with E-state index in [1.807, 2.05) is 6.07 Å². The van der Waals surface area contributed by atoms with E-state index >= 15 is 0 Å². The topological polar surface area (TPSA) is 68.5 Å². The number of halogens is 1. The summed E-state index contributed by atoms with van der Waals surface area (Å²) in [6, 6.07) is 4.27. The molecule has 3 aromatic rings. The number of anilines is 1. The van der Waals surface area contributed by atoms with Gasteiger partial charge in [0.25, 0.3) is 0 Å². The first kappa shape index (κ1) is 14.0. The lowest BCUT2D eigenvalue weighted by Gasteiger charge is -2.15. The Labute approximate surface area is 130 Å².